The fourth-order valence-corrected chi connectivity index (χ4v) is 0.957. The van der Waals surface area contributed by atoms with Gasteiger partial charge in [0.2, 0.25) is 0 Å². The van der Waals surface area contributed by atoms with E-state index in [0.29, 0.717) is 11.7 Å². The van der Waals surface area contributed by atoms with Gasteiger partial charge in [-0.2, -0.15) is 5.10 Å². The van der Waals surface area contributed by atoms with Gasteiger partial charge in [-0.25, -0.2) is 4.98 Å². The summed E-state index contributed by atoms with van der Waals surface area (Å²) >= 11 is 0. The van der Waals surface area contributed by atoms with E-state index in [-0.39, 0.29) is 0 Å². The monoisotopic (exact) mass is 190 g/mol. The lowest BCUT2D eigenvalue weighted by Gasteiger charge is -2.04. The van der Waals surface area contributed by atoms with Crippen molar-refractivity contribution in [1.29, 1.82) is 0 Å². The fourth-order valence-electron chi connectivity index (χ4n) is 0.957. The van der Waals surface area contributed by atoms with Crippen molar-refractivity contribution in [3.63, 3.8) is 0 Å². The molecule has 0 aliphatic heterocycles. The van der Waals surface area contributed by atoms with Crippen molar-refractivity contribution in [2.75, 3.05) is 0 Å². The quantitative estimate of drug-likeness (QED) is 0.681. The Bertz CT molecular complexity index is 360. The molecular weight excluding hydrogens is 176 g/mol. The lowest BCUT2D eigenvalue weighted by molar-refractivity contribution is 0.715. The Labute approximate surface area is 83.7 Å². The molecule has 0 bridgehead atoms. The van der Waals surface area contributed by atoms with Gasteiger partial charge in [-0.1, -0.05) is 27.0 Å². The summed E-state index contributed by atoms with van der Waals surface area (Å²) in [5.74, 6) is 0.944. The van der Waals surface area contributed by atoms with Gasteiger partial charge in [0.15, 0.2) is 5.82 Å². The van der Waals surface area contributed by atoms with Crippen molar-refractivity contribution in [2.45, 2.75) is 13.8 Å². The van der Waals surface area contributed by atoms with Crippen LogP contribution in [0, 0.1) is 5.92 Å². The Balaban J connectivity index is 3.05. The van der Waals surface area contributed by atoms with E-state index in [1.807, 2.05) is 13.8 Å². The third-order valence-electron chi connectivity index (χ3n) is 1.75. The lowest BCUT2D eigenvalue weighted by Crippen LogP contribution is -2.08. The van der Waals surface area contributed by atoms with Gasteiger partial charge in [0, 0.05) is 0 Å². The first kappa shape index (κ1) is 10.4. The van der Waals surface area contributed by atoms with E-state index in [2.05, 4.69) is 28.3 Å². The highest BCUT2D eigenvalue weighted by atomic mass is 15.5. The van der Waals surface area contributed by atoms with Crippen LogP contribution in [0.5, 0.6) is 0 Å². The van der Waals surface area contributed by atoms with Crippen molar-refractivity contribution in [3.05, 3.63) is 31.4 Å². The average molecular weight is 190 g/mol. The second-order valence-corrected chi connectivity index (χ2v) is 3.10. The summed E-state index contributed by atoms with van der Waals surface area (Å²) in [6, 6.07) is 0. The third-order valence-corrected chi connectivity index (χ3v) is 1.75. The number of allylic oxidation sites excluding steroid dienone is 1. The molecule has 0 spiro atoms. The molecule has 4 nitrogen and oxygen atoms in total. The number of rotatable bonds is 4. The van der Waals surface area contributed by atoms with Gasteiger partial charge in [0.05, 0.1) is 5.71 Å². The average Bonchev–Trinajstić information content (AvgIpc) is 2.60. The molecule has 74 valence electrons. The van der Waals surface area contributed by atoms with Crippen LogP contribution in [0.4, 0.5) is 0 Å². The number of nitrogens with zero attached hydrogens (tertiary/aromatic N) is 4. The van der Waals surface area contributed by atoms with Gasteiger partial charge >= 0.3 is 0 Å². The molecule has 0 aliphatic rings. The standard InChI is InChI=1S/C10H14N4/c1-5-9(8(3)4)13-14-10(6-2)11-7-12-14/h5-8H,1-2H2,3-4H3/b13-9+. The number of aromatic nitrogens is 3. The molecule has 0 saturated heterocycles. The van der Waals surface area contributed by atoms with Gasteiger partial charge in [-0.15, -0.1) is 9.89 Å². The Hall–Kier alpha value is -1.71. The van der Waals surface area contributed by atoms with Gasteiger partial charge < -0.3 is 0 Å². The first-order valence-electron chi connectivity index (χ1n) is 4.42. The molecule has 0 fully saturated rings. The largest absolute Gasteiger partial charge is 0.213 e. The molecule has 4 heteroatoms. The molecule has 0 atom stereocenters. The maximum Gasteiger partial charge on any atom is 0.175 e. The van der Waals surface area contributed by atoms with Crippen LogP contribution < -0.4 is 0 Å². The molecule has 0 aromatic carbocycles. The van der Waals surface area contributed by atoms with E-state index in [1.165, 1.54) is 11.1 Å². The van der Waals surface area contributed by atoms with Crippen LogP contribution in [-0.2, 0) is 0 Å². The summed E-state index contributed by atoms with van der Waals surface area (Å²) in [5.41, 5.74) is 0.874. The van der Waals surface area contributed by atoms with Crippen LogP contribution in [0.2, 0.25) is 0 Å². The molecule has 0 N–H and O–H groups in total. The fraction of sp³-hybridized carbons (Fsp3) is 0.300. The predicted octanol–water partition coefficient (Wildman–Crippen LogP) is 1.97. The molecule has 1 rings (SSSR count). The zero-order chi connectivity index (χ0) is 10.6. The number of hydrogen-bond donors (Lipinski definition) is 0. The predicted molar refractivity (Wildman–Crippen MR) is 58.0 cm³/mol. The van der Waals surface area contributed by atoms with Crippen molar-refractivity contribution < 1.29 is 0 Å². The maximum absolute atomic E-state index is 4.28. The van der Waals surface area contributed by atoms with Crippen LogP contribution in [-0.4, -0.2) is 20.6 Å². The highest BCUT2D eigenvalue weighted by molar-refractivity contribution is 5.95. The normalized spacial score (nSPS) is 11.8. The lowest BCUT2D eigenvalue weighted by atomic mass is 10.1. The molecule has 1 aromatic rings. The highest BCUT2D eigenvalue weighted by Crippen LogP contribution is 2.01. The summed E-state index contributed by atoms with van der Waals surface area (Å²) < 4.78 is 0. The summed E-state index contributed by atoms with van der Waals surface area (Å²) in [5, 5.41) is 8.23. The van der Waals surface area contributed by atoms with E-state index >= 15 is 0 Å². The van der Waals surface area contributed by atoms with Crippen LogP contribution in [0.15, 0.2) is 30.7 Å². The molecular formula is C10H14N4. The van der Waals surface area contributed by atoms with E-state index in [9.17, 15) is 0 Å². The zero-order valence-electron chi connectivity index (χ0n) is 8.51. The first-order valence-corrected chi connectivity index (χ1v) is 4.42. The minimum Gasteiger partial charge on any atom is -0.213 e. The molecule has 14 heavy (non-hydrogen) atoms. The Kier molecular flexibility index (Phi) is 3.34. The van der Waals surface area contributed by atoms with Crippen LogP contribution in [0.1, 0.15) is 19.7 Å². The molecule has 0 unspecified atom stereocenters. The summed E-state index contributed by atoms with van der Waals surface area (Å²) in [7, 11) is 0. The van der Waals surface area contributed by atoms with Crippen LogP contribution in [0.25, 0.3) is 6.08 Å². The van der Waals surface area contributed by atoms with Gasteiger partial charge in [-0.05, 0) is 18.1 Å². The van der Waals surface area contributed by atoms with Gasteiger partial charge in [0.1, 0.15) is 6.33 Å². The van der Waals surface area contributed by atoms with Gasteiger partial charge in [-0.3, -0.25) is 0 Å². The molecule has 0 amide bonds. The Morgan fingerprint density at radius 3 is 2.79 bits per heavy atom. The summed E-state index contributed by atoms with van der Waals surface area (Å²) in [6.07, 6.45) is 4.78. The van der Waals surface area contributed by atoms with E-state index in [4.69, 9.17) is 0 Å². The van der Waals surface area contributed by atoms with Gasteiger partial charge in [0.25, 0.3) is 0 Å². The molecule has 1 aromatic heterocycles. The molecule has 1 heterocycles. The minimum atomic E-state index is 0.314. The van der Waals surface area contributed by atoms with E-state index in [0.717, 1.165) is 5.71 Å². The second kappa shape index (κ2) is 4.50. The summed E-state index contributed by atoms with van der Waals surface area (Å²) in [6.45, 7) is 11.4. The minimum absolute atomic E-state index is 0.314. The van der Waals surface area contributed by atoms with E-state index < -0.39 is 0 Å². The van der Waals surface area contributed by atoms with Crippen molar-refractivity contribution in [1.82, 2.24) is 14.9 Å². The topological polar surface area (TPSA) is 43.1 Å². The maximum atomic E-state index is 4.28. The Morgan fingerprint density at radius 1 is 1.57 bits per heavy atom. The molecule has 0 aliphatic carbocycles. The number of hydrogen-bond acceptors (Lipinski definition) is 3. The third kappa shape index (κ3) is 2.16. The van der Waals surface area contributed by atoms with Crippen molar-refractivity contribution in [3.8, 4) is 0 Å². The van der Waals surface area contributed by atoms with Crippen LogP contribution in [0.3, 0.4) is 0 Å². The highest BCUT2D eigenvalue weighted by Gasteiger charge is 2.03. The first-order chi connectivity index (χ1) is 6.69. The molecule has 0 saturated carbocycles. The zero-order valence-corrected chi connectivity index (χ0v) is 8.51. The van der Waals surface area contributed by atoms with Crippen molar-refractivity contribution in [2.24, 2.45) is 11.0 Å². The molecule has 0 radical (unpaired) electrons. The SMILES string of the molecule is C=C/C(=N\n1ncnc1C=C)C(C)C. The van der Waals surface area contributed by atoms with E-state index in [1.54, 1.807) is 12.2 Å². The van der Waals surface area contributed by atoms with Crippen molar-refractivity contribution >= 4 is 11.8 Å². The summed E-state index contributed by atoms with van der Waals surface area (Å²) in [4.78, 5) is 5.42. The second-order valence-electron chi connectivity index (χ2n) is 3.10. The smallest absolute Gasteiger partial charge is 0.175 e. The Morgan fingerprint density at radius 2 is 2.29 bits per heavy atom. The van der Waals surface area contributed by atoms with Crippen LogP contribution >= 0.6 is 0 Å².